The minimum atomic E-state index is -0.490. The van der Waals surface area contributed by atoms with Crippen LogP contribution in [0.3, 0.4) is 0 Å². The van der Waals surface area contributed by atoms with Gasteiger partial charge in [0.15, 0.2) is 0 Å². The van der Waals surface area contributed by atoms with Gasteiger partial charge in [0.1, 0.15) is 24.0 Å². The zero-order valence-electron chi connectivity index (χ0n) is 21.8. The number of nitrogens with one attached hydrogen (secondary N) is 1. The van der Waals surface area contributed by atoms with Gasteiger partial charge in [-0.05, 0) is 62.1 Å². The Morgan fingerprint density at radius 3 is 2.59 bits per heavy atom. The molecule has 0 spiro atoms. The largest absolute Gasteiger partial charge is 0.491 e. The van der Waals surface area contributed by atoms with Gasteiger partial charge in [0.2, 0.25) is 5.91 Å². The average molecular weight is 516 g/mol. The lowest BCUT2D eigenvalue weighted by Crippen LogP contribution is -2.46. The SMILES string of the molecule is CO[C@H]1CN(C)C(=O)c2cc(NC(=O)C3CC3)ccc2OC[C@@H](C)N(Cc2cc(F)ccc2F)C[C@@H]1C. The number of ether oxygens (including phenoxy) is 2. The summed E-state index contributed by atoms with van der Waals surface area (Å²) in [6.45, 7) is 5.24. The zero-order chi connectivity index (χ0) is 26.7. The van der Waals surface area contributed by atoms with Gasteiger partial charge in [-0.25, -0.2) is 8.78 Å². The lowest BCUT2D eigenvalue weighted by atomic mass is 10.0. The van der Waals surface area contributed by atoms with Crippen molar-refractivity contribution in [1.29, 1.82) is 0 Å². The van der Waals surface area contributed by atoms with Crippen LogP contribution in [0.5, 0.6) is 5.75 Å². The number of nitrogens with zero attached hydrogens (tertiary/aromatic N) is 2. The second kappa shape index (κ2) is 11.6. The molecule has 1 aliphatic heterocycles. The molecular formula is C28H35F2N3O4. The Kier molecular flexibility index (Phi) is 8.44. The molecule has 2 aromatic rings. The molecular weight excluding hydrogens is 480 g/mol. The highest BCUT2D eigenvalue weighted by Gasteiger charge is 2.31. The van der Waals surface area contributed by atoms with Gasteiger partial charge in [-0.15, -0.1) is 0 Å². The maximum atomic E-state index is 14.5. The topological polar surface area (TPSA) is 71.1 Å². The van der Waals surface area contributed by atoms with Crippen LogP contribution in [0.25, 0.3) is 0 Å². The third-order valence-corrected chi connectivity index (χ3v) is 7.17. The van der Waals surface area contributed by atoms with Crippen molar-refractivity contribution in [2.45, 2.75) is 45.4 Å². The highest BCUT2D eigenvalue weighted by atomic mass is 19.1. The molecule has 2 aliphatic rings. The molecule has 1 N–H and O–H groups in total. The summed E-state index contributed by atoms with van der Waals surface area (Å²) in [5, 5.41) is 2.89. The third kappa shape index (κ3) is 6.64. The quantitative estimate of drug-likeness (QED) is 0.642. The first kappa shape index (κ1) is 27.0. The van der Waals surface area contributed by atoms with E-state index in [4.69, 9.17) is 9.47 Å². The van der Waals surface area contributed by atoms with E-state index in [1.807, 2.05) is 18.7 Å². The average Bonchev–Trinajstić information content (AvgIpc) is 3.72. The second-order valence-electron chi connectivity index (χ2n) is 10.2. The molecule has 200 valence electrons. The summed E-state index contributed by atoms with van der Waals surface area (Å²) in [7, 11) is 3.31. The van der Waals surface area contributed by atoms with Gasteiger partial charge in [-0.3, -0.25) is 14.5 Å². The Bertz CT molecular complexity index is 1140. The number of anilines is 1. The first-order valence-corrected chi connectivity index (χ1v) is 12.7. The predicted molar refractivity (Wildman–Crippen MR) is 136 cm³/mol. The van der Waals surface area contributed by atoms with E-state index in [9.17, 15) is 18.4 Å². The van der Waals surface area contributed by atoms with Crippen LogP contribution >= 0.6 is 0 Å². The van der Waals surface area contributed by atoms with Crippen molar-refractivity contribution in [2.75, 3.05) is 39.2 Å². The molecule has 9 heteroatoms. The first-order chi connectivity index (χ1) is 17.7. The number of rotatable bonds is 5. The molecule has 1 saturated carbocycles. The molecule has 2 aromatic carbocycles. The lowest BCUT2D eigenvalue weighted by Gasteiger charge is -2.36. The number of benzene rings is 2. The smallest absolute Gasteiger partial charge is 0.257 e. The Labute approximate surface area is 216 Å². The number of fused-ring (bicyclic) bond motifs is 1. The third-order valence-electron chi connectivity index (χ3n) is 7.17. The van der Waals surface area contributed by atoms with Crippen molar-refractivity contribution in [3.05, 3.63) is 59.2 Å². The molecule has 0 aromatic heterocycles. The zero-order valence-corrected chi connectivity index (χ0v) is 21.8. The summed E-state index contributed by atoms with van der Waals surface area (Å²) in [5.74, 6) is -0.830. The normalized spacial score (nSPS) is 23.5. The summed E-state index contributed by atoms with van der Waals surface area (Å²) in [6.07, 6.45) is 1.47. The van der Waals surface area contributed by atoms with Crippen LogP contribution in [0.1, 0.15) is 42.6 Å². The summed E-state index contributed by atoms with van der Waals surface area (Å²) in [5.41, 5.74) is 1.15. The second-order valence-corrected chi connectivity index (χ2v) is 10.2. The summed E-state index contributed by atoms with van der Waals surface area (Å²) in [4.78, 5) is 29.4. The lowest BCUT2D eigenvalue weighted by molar-refractivity contribution is -0.117. The minimum Gasteiger partial charge on any atom is -0.491 e. The molecule has 1 aliphatic carbocycles. The molecule has 37 heavy (non-hydrogen) atoms. The van der Waals surface area contributed by atoms with Gasteiger partial charge in [-0.1, -0.05) is 6.92 Å². The molecule has 1 fully saturated rings. The van der Waals surface area contributed by atoms with E-state index in [2.05, 4.69) is 5.32 Å². The van der Waals surface area contributed by atoms with Crippen molar-refractivity contribution >= 4 is 17.5 Å². The van der Waals surface area contributed by atoms with Crippen LogP contribution in [-0.2, 0) is 16.1 Å². The highest BCUT2D eigenvalue weighted by molar-refractivity contribution is 6.00. The number of halogens is 2. The van der Waals surface area contributed by atoms with E-state index >= 15 is 0 Å². The molecule has 0 saturated heterocycles. The van der Waals surface area contributed by atoms with E-state index in [1.165, 1.54) is 6.07 Å². The number of methoxy groups -OCH3 is 1. The monoisotopic (exact) mass is 515 g/mol. The molecule has 3 atom stereocenters. The maximum Gasteiger partial charge on any atom is 0.257 e. The summed E-state index contributed by atoms with van der Waals surface area (Å²) < 4.78 is 40.2. The van der Waals surface area contributed by atoms with Crippen LogP contribution in [0.2, 0.25) is 0 Å². The van der Waals surface area contributed by atoms with Gasteiger partial charge in [0.05, 0.1) is 11.7 Å². The highest BCUT2D eigenvalue weighted by Crippen LogP contribution is 2.32. The maximum absolute atomic E-state index is 14.5. The predicted octanol–water partition coefficient (Wildman–Crippen LogP) is 4.32. The number of likely N-dealkylation sites (N-methyl/N-ethyl adjacent to an activating group) is 1. The van der Waals surface area contributed by atoms with Crippen molar-refractivity contribution in [1.82, 2.24) is 9.80 Å². The van der Waals surface area contributed by atoms with E-state index in [0.29, 0.717) is 30.1 Å². The van der Waals surface area contributed by atoms with Gasteiger partial charge < -0.3 is 19.7 Å². The van der Waals surface area contributed by atoms with Gasteiger partial charge >= 0.3 is 0 Å². The first-order valence-electron chi connectivity index (χ1n) is 12.7. The van der Waals surface area contributed by atoms with Gasteiger partial charge in [0.25, 0.3) is 5.91 Å². The molecule has 0 bridgehead atoms. The van der Waals surface area contributed by atoms with Crippen molar-refractivity contribution < 1.29 is 27.8 Å². The molecule has 0 radical (unpaired) electrons. The van der Waals surface area contributed by atoms with Gasteiger partial charge in [-0.2, -0.15) is 0 Å². The summed E-state index contributed by atoms with van der Waals surface area (Å²) in [6, 6.07) is 8.35. The fourth-order valence-electron chi connectivity index (χ4n) is 4.62. The van der Waals surface area contributed by atoms with Gasteiger partial charge in [0, 0.05) is 57.0 Å². The molecule has 2 amide bonds. The Balaban J connectivity index is 1.63. The van der Waals surface area contributed by atoms with Crippen LogP contribution in [0.15, 0.2) is 36.4 Å². The summed E-state index contributed by atoms with van der Waals surface area (Å²) >= 11 is 0. The van der Waals surface area contributed by atoms with Crippen molar-refractivity contribution in [3.63, 3.8) is 0 Å². The molecule has 1 heterocycles. The van der Waals surface area contributed by atoms with E-state index in [0.717, 1.165) is 25.0 Å². The number of carbonyl (C=O) groups is 2. The van der Waals surface area contributed by atoms with Crippen LogP contribution in [0.4, 0.5) is 14.5 Å². The van der Waals surface area contributed by atoms with E-state index in [-0.39, 0.29) is 54.5 Å². The molecule has 7 nitrogen and oxygen atoms in total. The van der Waals surface area contributed by atoms with Crippen molar-refractivity contribution in [3.8, 4) is 5.75 Å². The Morgan fingerprint density at radius 2 is 1.89 bits per heavy atom. The standard InChI is InChI=1S/C28H35F2N3O4/c1-17-13-33(14-20-11-21(29)7-9-24(20)30)18(2)16-37-25-10-8-22(31-27(34)19-5-6-19)12-23(25)28(35)32(3)15-26(17)36-4/h7-12,17-19,26H,5-6,13-16H2,1-4H3,(H,31,34)/t17-,18+,26-/m0/s1. The fraction of sp³-hybridized carbons (Fsp3) is 0.500. The molecule has 0 unspecified atom stereocenters. The number of hydrogen-bond acceptors (Lipinski definition) is 5. The number of amides is 2. The molecule has 4 rings (SSSR count). The fourth-order valence-corrected chi connectivity index (χ4v) is 4.62. The van der Waals surface area contributed by atoms with E-state index in [1.54, 1.807) is 37.3 Å². The van der Waals surface area contributed by atoms with Crippen molar-refractivity contribution in [2.24, 2.45) is 11.8 Å². The van der Waals surface area contributed by atoms with E-state index < -0.39 is 11.6 Å². The Hall–Kier alpha value is -3.04. The number of carbonyl (C=O) groups excluding carboxylic acids is 2. The Morgan fingerprint density at radius 1 is 1.14 bits per heavy atom. The number of hydrogen-bond donors (Lipinski definition) is 1. The minimum absolute atomic E-state index is 0.0256. The van der Waals surface area contributed by atoms with Crippen LogP contribution < -0.4 is 10.1 Å². The van der Waals surface area contributed by atoms with Crippen LogP contribution in [0, 0.1) is 23.5 Å². The van der Waals surface area contributed by atoms with Crippen LogP contribution in [-0.4, -0.2) is 67.6 Å².